The van der Waals surface area contributed by atoms with E-state index in [9.17, 15) is 4.55 Å². The molecule has 0 saturated heterocycles. The molecule has 3 rings (SSSR count). The molecule has 0 aromatic carbocycles. The van der Waals surface area contributed by atoms with Crippen LogP contribution in [0.15, 0.2) is 17.3 Å². The first-order chi connectivity index (χ1) is 6.77. The lowest BCUT2D eigenvalue weighted by molar-refractivity contribution is 0.591. The molecular weight excluding hydrogens is 194 g/mol. The number of hydrogen-bond acceptors (Lipinski definition) is 2. The predicted octanol–water partition coefficient (Wildman–Crippen LogP) is 2.18. The third-order valence-electron chi connectivity index (χ3n) is 3.54. The summed E-state index contributed by atoms with van der Waals surface area (Å²) in [4.78, 5) is 4.27. The quantitative estimate of drug-likeness (QED) is 0.662. The molecule has 74 valence electrons. The maximum atomic E-state index is 11.5. The van der Waals surface area contributed by atoms with Gasteiger partial charge in [0.2, 0.25) is 5.03 Å². The van der Waals surface area contributed by atoms with Crippen LogP contribution in [0.1, 0.15) is 42.2 Å². The van der Waals surface area contributed by atoms with Crippen LogP contribution in [-0.2, 0) is 11.2 Å². The molecular formula is C11H13NOS. The van der Waals surface area contributed by atoms with E-state index in [0.717, 1.165) is 10.9 Å². The second-order valence-corrected chi connectivity index (χ2v) is 5.57. The molecule has 2 bridgehead atoms. The topological polar surface area (TPSA) is 36.0 Å². The summed E-state index contributed by atoms with van der Waals surface area (Å²) in [7, 11) is 0. The third-order valence-corrected chi connectivity index (χ3v) is 4.41. The van der Waals surface area contributed by atoms with E-state index in [0.29, 0.717) is 5.92 Å². The first-order valence-electron chi connectivity index (χ1n) is 5.09. The van der Waals surface area contributed by atoms with Crippen LogP contribution in [0.3, 0.4) is 0 Å². The van der Waals surface area contributed by atoms with E-state index in [1.54, 1.807) is 6.26 Å². The van der Waals surface area contributed by atoms with Gasteiger partial charge in [0.05, 0.1) is 0 Å². The van der Waals surface area contributed by atoms with Crippen molar-refractivity contribution in [2.24, 2.45) is 0 Å². The van der Waals surface area contributed by atoms with Crippen LogP contribution < -0.4 is 0 Å². The summed E-state index contributed by atoms with van der Waals surface area (Å²) in [6.07, 6.45) is 7.40. The zero-order valence-corrected chi connectivity index (χ0v) is 9.01. The summed E-state index contributed by atoms with van der Waals surface area (Å²) in [5.74, 6) is 1.39. The fraction of sp³-hybridized carbons (Fsp3) is 0.545. The van der Waals surface area contributed by atoms with Crippen molar-refractivity contribution in [3.63, 3.8) is 0 Å². The minimum Gasteiger partial charge on any atom is -0.610 e. The SMILES string of the molecule is C[S+]([O-])c1nccc2c1C1CCC2C1. The number of fused-ring (bicyclic) bond motifs is 5. The van der Waals surface area contributed by atoms with Gasteiger partial charge in [-0.2, -0.15) is 0 Å². The molecule has 1 aromatic heterocycles. The van der Waals surface area contributed by atoms with E-state index in [2.05, 4.69) is 11.1 Å². The summed E-state index contributed by atoms with van der Waals surface area (Å²) in [5, 5.41) is 0.842. The maximum Gasteiger partial charge on any atom is 0.247 e. The first kappa shape index (κ1) is 8.74. The molecule has 1 aromatic rings. The zero-order valence-electron chi connectivity index (χ0n) is 8.19. The lowest BCUT2D eigenvalue weighted by Crippen LogP contribution is -2.09. The summed E-state index contributed by atoms with van der Waals surface area (Å²) in [5.41, 5.74) is 2.76. The van der Waals surface area contributed by atoms with Gasteiger partial charge in [-0.05, 0) is 42.7 Å². The lowest BCUT2D eigenvalue weighted by atomic mass is 9.94. The van der Waals surface area contributed by atoms with Gasteiger partial charge in [0.25, 0.3) is 0 Å². The Hall–Kier alpha value is -0.540. The van der Waals surface area contributed by atoms with Gasteiger partial charge >= 0.3 is 0 Å². The van der Waals surface area contributed by atoms with Crippen molar-refractivity contribution in [3.8, 4) is 0 Å². The van der Waals surface area contributed by atoms with E-state index in [-0.39, 0.29) is 0 Å². The predicted molar refractivity (Wildman–Crippen MR) is 55.9 cm³/mol. The van der Waals surface area contributed by atoms with E-state index in [1.165, 1.54) is 30.4 Å². The van der Waals surface area contributed by atoms with Crippen molar-refractivity contribution in [2.75, 3.05) is 6.26 Å². The minimum absolute atomic E-state index is 0.655. The Kier molecular flexibility index (Phi) is 1.86. The number of aromatic nitrogens is 1. The Morgan fingerprint density at radius 1 is 1.43 bits per heavy atom. The van der Waals surface area contributed by atoms with Gasteiger partial charge in [-0.3, -0.25) is 0 Å². The molecule has 1 saturated carbocycles. The standard InChI is InChI=1S/C11H13NOS/c1-14(13)11-10-8-3-2-7(6-8)9(10)4-5-12-11/h4-5,7-8H,2-3,6H2,1H3. The molecule has 0 amide bonds. The van der Waals surface area contributed by atoms with Crippen LogP contribution in [0.25, 0.3) is 0 Å². The van der Waals surface area contributed by atoms with Crippen molar-refractivity contribution in [2.45, 2.75) is 36.1 Å². The van der Waals surface area contributed by atoms with Gasteiger partial charge in [0, 0.05) is 22.9 Å². The van der Waals surface area contributed by atoms with Crippen LogP contribution in [0.4, 0.5) is 0 Å². The summed E-state index contributed by atoms with van der Waals surface area (Å²) >= 11 is -0.924. The van der Waals surface area contributed by atoms with E-state index in [1.807, 2.05) is 6.20 Å². The molecule has 2 aliphatic rings. The third kappa shape index (κ3) is 1.06. The van der Waals surface area contributed by atoms with Crippen molar-refractivity contribution in [1.82, 2.24) is 4.98 Å². The molecule has 0 spiro atoms. The molecule has 0 radical (unpaired) electrons. The van der Waals surface area contributed by atoms with Gasteiger partial charge in [0.1, 0.15) is 6.26 Å². The highest BCUT2D eigenvalue weighted by Gasteiger charge is 2.40. The van der Waals surface area contributed by atoms with Crippen molar-refractivity contribution >= 4 is 11.2 Å². The van der Waals surface area contributed by atoms with Crippen molar-refractivity contribution in [1.29, 1.82) is 0 Å². The van der Waals surface area contributed by atoms with Crippen molar-refractivity contribution < 1.29 is 4.55 Å². The Balaban J connectivity index is 2.18. The van der Waals surface area contributed by atoms with Crippen molar-refractivity contribution in [3.05, 3.63) is 23.4 Å². The molecule has 1 heterocycles. The van der Waals surface area contributed by atoms with Crippen LogP contribution in [0.2, 0.25) is 0 Å². The lowest BCUT2D eigenvalue weighted by Gasteiger charge is -2.16. The summed E-state index contributed by atoms with van der Waals surface area (Å²) in [6, 6.07) is 2.12. The fourth-order valence-electron chi connectivity index (χ4n) is 2.99. The van der Waals surface area contributed by atoms with E-state index < -0.39 is 11.2 Å². The molecule has 0 aliphatic heterocycles. The number of hydrogen-bond donors (Lipinski definition) is 0. The molecule has 0 N–H and O–H groups in total. The Bertz CT molecular complexity index is 378. The van der Waals surface area contributed by atoms with E-state index >= 15 is 0 Å². The average Bonchev–Trinajstić information content (AvgIpc) is 2.77. The van der Waals surface area contributed by atoms with Gasteiger partial charge in [-0.25, -0.2) is 4.98 Å². The molecule has 2 aliphatic carbocycles. The second-order valence-electron chi connectivity index (χ2n) is 4.28. The monoisotopic (exact) mass is 207 g/mol. The zero-order chi connectivity index (χ0) is 9.71. The van der Waals surface area contributed by atoms with Gasteiger partial charge in [-0.15, -0.1) is 0 Å². The minimum atomic E-state index is -0.924. The second kappa shape index (κ2) is 2.97. The van der Waals surface area contributed by atoms with Crippen LogP contribution in [0.5, 0.6) is 0 Å². The average molecular weight is 207 g/mol. The largest absolute Gasteiger partial charge is 0.610 e. The molecule has 3 heteroatoms. The molecule has 1 fully saturated rings. The molecule has 2 nitrogen and oxygen atoms in total. The van der Waals surface area contributed by atoms with E-state index in [4.69, 9.17) is 0 Å². The van der Waals surface area contributed by atoms with Crippen LogP contribution >= 0.6 is 0 Å². The molecule has 3 atom stereocenters. The highest BCUT2D eigenvalue weighted by Crippen LogP contribution is 2.54. The normalized spacial score (nSPS) is 30.4. The van der Waals surface area contributed by atoms with Crippen LogP contribution in [0, 0.1) is 0 Å². The summed E-state index contributed by atoms with van der Waals surface area (Å²) in [6.45, 7) is 0. The van der Waals surface area contributed by atoms with Gasteiger partial charge in [0.15, 0.2) is 0 Å². The summed E-state index contributed by atoms with van der Waals surface area (Å²) < 4.78 is 11.5. The van der Waals surface area contributed by atoms with Crippen LogP contribution in [-0.4, -0.2) is 15.8 Å². The molecule has 14 heavy (non-hydrogen) atoms. The number of rotatable bonds is 1. The molecule has 3 unspecified atom stereocenters. The Morgan fingerprint density at radius 3 is 3.00 bits per heavy atom. The number of pyridine rings is 1. The smallest absolute Gasteiger partial charge is 0.247 e. The fourth-order valence-corrected chi connectivity index (χ4v) is 3.79. The van der Waals surface area contributed by atoms with Gasteiger partial charge in [-0.1, -0.05) is 0 Å². The highest BCUT2D eigenvalue weighted by molar-refractivity contribution is 7.90. The highest BCUT2D eigenvalue weighted by atomic mass is 32.2. The number of nitrogens with zero attached hydrogens (tertiary/aromatic N) is 1. The Labute approximate surface area is 86.9 Å². The first-order valence-corrected chi connectivity index (χ1v) is 6.65. The Morgan fingerprint density at radius 2 is 2.21 bits per heavy atom. The maximum absolute atomic E-state index is 11.5. The van der Waals surface area contributed by atoms with Gasteiger partial charge < -0.3 is 4.55 Å².